The number of nitrogens with zero attached hydrogens (tertiary/aromatic N) is 1. The standard InChI is InChI=1S/C25H33ClN2O4/c1-7-22(25(30)27-16(2)3)28(14-19-8-10-20(31-6)11-9-19)23(29)15-32-21-12-17(4)24(26)18(5)13-21/h8-13,16,22H,7,14-15H2,1-6H3,(H,27,30). The Morgan fingerprint density at radius 3 is 2.16 bits per heavy atom. The minimum atomic E-state index is -0.607. The SMILES string of the molecule is CCC(C(=O)NC(C)C)N(Cc1ccc(OC)cc1)C(=O)COc1cc(C)c(Cl)c(C)c1. The molecule has 174 valence electrons. The lowest BCUT2D eigenvalue weighted by Gasteiger charge is -2.31. The van der Waals surface area contributed by atoms with Gasteiger partial charge < -0.3 is 19.7 Å². The van der Waals surface area contributed by atoms with E-state index in [9.17, 15) is 9.59 Å². The molecule has 0 heterocycles. The van der Waals surface area contributed by atoms with Crippen molar-refractivity contribution >= 4 is 23.4 Å². The van der Waals surface area contributed by atoms with Gasteiger partial charge in [0, 0.05) is 17.6 Å². The van der Waals surface area contributed by atoms with Crippen LogP contribution in [0.5, 0.6) is 11.5 Å². The Kier molecular flexibility index (Phi) is 9.39. The molecule has 0 aromatic heterocycles. The van der Waals surface area contributed by atoms with Crippen LogP contribution >= 0.6 is 11.6 Å². The highest BCUT2D eigenvalue weighted by atomic mass is 35.5. The summed E-state index contributed by atoms with van der Waals surface area (Å²) in [6, 6.07) is 10.4. The zero-order chi connectivity index (χ0) is 23.8. The molecule has 2 rings (SSSR count). The largest absolute Gasteiger partial charge is 0.497 e. The first-order valence-electron chi connectivity index (χ1n) is 10.8. The number of aryl methyl sites for hydroxylation is 2. The van der Waals surface area contributed by atoms with E-state index in [1.54, 1.807) is 24.1 Å². The third-order valence-electron chi connectivity index (χ3n) is 5.10. The lowest BCUT2D eigenvalue weighted by Crippen LogP contribution is -2.51. The molecule has 0 aliphatic rings. The maximum atomic E-state index is 13.2. The minimum Gasteiger partial charge on any atom is -0.497 e. The third kappa shape index (κ3) is 6.89. The van der Waals surface area contributed by atoms with Crippen LogP contribution in [-0.4, -0.2) is 42.5 Å². The summed E-state index contributed by atoms with van der Waals surface area (Å²) in [6.45, 7) is 9.58. The van der Waals surface area contributed by atoms with Crippen molar-refractivity contribution in [3.8, 4) is 11.5 Å². The van der Waals surface area contributed by atoms with Gasteiger partial charge in [0.15, 0.2) is 6.61 Å². The zero-order valence-electron chi connectivity index (χ0n) is 19.7. The number of carbonyl (C=O) groups excluding carboxylic acids is 2. The van der Waals surface area contributed by atoms with Crippen LogP contribution in [0.25, 0.3) is 0 Å². The first-order chi connectivity index (χ1) is 15.2. The molecular weight excluding hydrogens is 428 g/mol. The van der Waals surface area contributed by atoms with Gasteiger partial charge in [-0.3, -0.25) is 9.59 Å². The fourth-order valence-electron chi connectivity index (χ4n) is 3.45. The maximum Gasteiger partial charge on any atom is 0.261 e. The molecule has 2 aromatic rings. The average molecular weight is 461 g/mol. The number of nitrogens with one attached hydrogen (secondary N) is 1. The van der Waals surface area contributed by atoms with Crippen molar-refractivity contribution in [1.29, 1.82) is 0 Å². The van der Waals surface area contributed by atoms with E-state index in [4.69, 9.17) is 21.1 Å². The Labute approximate surface area is 195 Å². The summed E-state index contributed by atoms with van der Waals surface area (Å²) in [6.07, 6.45) is 0.486. The second-order valence-electron chi connectivity index (χ2n) is 8.12. The van der Waals surface area contributed by atoms with Crippen LogP contribution in [0.2, 0.25) is 5.02 Å². The molecule has 0 spiro atoms. The normalized spacial score (nSPS) is 11.8. The molecule has 2 amide bonds. The number of ether oxygens (including phenoxy) is 2. The highest BCUT2D eigenvalue weighted by Gasteiger charge is 2.29. The van der Waals surface area contributed by atoms with Crippen molar-refractivity contribution in [2.45, 2.75) is 59.7 Å². The number of carbonyl (C=O) groups is 2. The monoisotopic (exact) mass is 460 g/mol. The van der Waals surface area contributed by atoms with E-state index in [0.29, 0.717) is 17.2 Å². The van der Waals surface area contributed by atoms with Crippen LogP contribution in [0.3, 0.4) is 0 Å². The average Bonchev–Trinajstić information content (AvgIpc) is 2.75. The summed E-state index contributed by atoms with van der Waals surface area (Å²) in [7, 11) is 1.60. The number of rotatable bonds is 10. The van der Waals surface area contributed by atoms with Crippen molar-refractivity contribution in [2.24, 2.45) is 0 Å². The summed E-state index contributed by atoms with van der Waals surface area (Å²) in [5.41, 5.74) is 2.66. The Morgan fingerprint density at radius 1 is 1.06 bits per heavy atom. The van der Waals surface area contributed by atoms with Gasteiger partial charge in [-0.15, -0.1) is 0 Å². The lowest BCUT2D eigenvalue weighted by molar-refractivity contribution is -0.143. The summed E-state index contributed by atoms with van der Waals surface area (Å²) < 4.78 is 11.0. The van der Waals surface area contributed by atoms with Crippen LogP contribution in [-0.2, 0) is 16.1 Å². The van der Waals surface area contributed by atoms with Gasteiger partial charge in [0.2, 0.25) is 5.91 Å². The van der Waals surface area contributed by atoms with E-state index < -0.39 is 6.04 Å². The van der Waals surface area contributed by atoms with E-state index in [1.807, 2.05) is 58.9 Å². The molecule has 0 aliphatic heterocycles. The van der Waals surface area contributed by atoms with Crippen LogP contribution in [0, 0.1) is 13.8 Å². The predicted octanol–water partition coefficient (Wildman–Crippen LogP) is 4.68. The Bertz CT molecular complexity index is 905. The Balaban J connectivity index is 2.24. The van der Waals surface area contributed by atoms with Gasteiger partial charge in [0.25, 0.3) is 5.91 Å². The van der Waals surface area contributed by atoms with Crippen molar-refractivity contribution in [2.75, 3.05) is 13.7 Å². The molecule has 6 nitrogen and oxygen atoms in total. The van der Waals surface area contributed by atoms with Gasteiger partial charge in [-0.2, -0.15) is 0 Å². The lowest BCUT2D eigenvalue weighted by atomic mass is 10.1. The van der Waals surface area contributed by atoms with Crippen LogP contribution in [0.1, 0.15) is 43.9 Å². The van der Waals surface area contributed by atoms with Crippen molar-refractivity contribution in [3.63, 3.8) is 0 Å². The van der Waals surface area contributed by atoms with Crippen LogP contribution in [0.4, 0.5) is 0 Å². The first kappa shape index (κ1) is 25.5. The molecule has 0 fully saturated rings. The number of benzene rings is 2. The Hall–Kier alpha value is -2.73. The van der Waals surface area contributed by atoms with E-state index in [0.717, 1.165) is 22.4 Å². The molecule has 1 unspecified atom stereocenters. The van der Waals surface area contributed by atoms with E-state index in [1.165, 1.54) is 0 Å². The first-order valence-corrected chi connectivity index (χ1v) is 11.2. The fourth-order valence-corrected chi connectivity index (χ4v) is 3.55. The van der Waals surface area contributed by atoms with Crippen molar-refractivity contribution in [3.05, 3.63) is 58.1 Å². The van der Waals surface area contributed by atoms with E-state index in [2.05, 4.69) is 5.32 Å². The zero-order valence-corrected chi connectivity index (χ0v) is 20.5. The summed E-state index contributed by atoms with van der Waals surface area (Å²) >= 11 is 6.23. The smallest absolute Gasteiger partial charge is 0.261 e. The number of hydrogen-bond donors (Lipinski definition) is 1. The molecule has 2 aromatic carbocycles. The van der Waals surface area contributed by atoms with Gasteiger partial charge in [-0.05, 0) is 75.1 Å². The number of amides is 2. The molecule has 0 saturated carbocycles. The molecular formula is C25H33ClN2O4. The molecule has 0 radical (unpaired) electrons. The van der Waals surface area contributed by atoms with E-state index in [-0.39, 0.29) is 31.0 Å². The van der Waals surface area contributed by atoms with Crippen molar-refractivity contribution in [1.82, 2.24) is 10.2 Å². The van der Waals surface area contributed by atoms with E-state index >= 15 is 0 Å². The molecule has 0 bridgehead atoms. The second kappa shape index (κ2) is 11.8. The van der Waals surface area contributed by atoms with Gasteiger partial charge in [-0.25, -0.2) is 0 Å². The summed E-state index contributed by atoms with van der Waals surface area (Å²) in [5, 5.41) is 3.60. The molecule has 0 aliphatic carbocycles. The van der Waals surface area contributed by atoms with Crippen LogP contribution in [0.15, 0.2) is 36.4 Å². The summed E-state index contributed by atoms with van der Waals surface area (Å²) in [4.78, 5) is 27.7. The quantitative estimate of drug-likeness (QED) is 0.559. The maximum absolute atomic E-state index is 13.2. The molecule has 0 saturated heterocycles. The number of hydrogen-bond acceptors (Lipinski definition) is 4. The van der Waals surface area contributed by atoms with Gasteiger partial charge in [0.1, 0.15) is 17.5 Å². The van der Waals surface area contributed by atoms with Crippen LogP contribution < -0.4 is 14.8 Å². The number of halogens is 1. The predicted molar refractivity (Wildman–Crippen MR) is 127 cm³/mol. The highest BCUT2D eigenvalue weighted by Crippen LogP contribution is 2.26. The summed E-state index contributed by atoms with van der Waals surface area (Å²) in [5.74, 6) is 0.856. The topological polar surface area (TPSA) is 67.9 Å². The molecule has 1 N–H and O–H groups in total. The second-order valence-corrected chi connectivity index (χ2v) is 8.49. The molecule has 32 heavy (non-hydrogen) atoms. The Morgan fingerprint density at radius 2 is 1.66 bits per heavy atom. The highest BCUT2D eigenvalue weighted by molar-refractivity contribution is 6.32. The van der Waals surface area contributed by atoms with Crippen molar-refractivity contribution < 1.29 is 19.1 Å². The molecule has 1 atom stereocenters. The fraction of sp³-hybridized carbons (Fsp3) is 0.440. The molecule has 7 heteroatoms. The van der Waals surface area contributed by atoms with Gasteiger partial charge in [0.05, 0.1) is 7.11 Å². The van der Waals surface area contributed by atoms with Gasteiger partial charge >= 0.3 is 0 Å². The van der Waals surface area contributed by atoms with Gasteiger partial charge in [-0.1, -0.05) is 30.7 Å². The number of methoxy groups -OCH3 is 1. The minimum absolute atomic E-state index is 0.0224. The third-order valence-corrected chi connectivity index (χ3v) is 5.70.